The lowest BCUT2D eigenvalue weighted by atomic mass is 10.3. The fourth-order valence-electron chi connectivity index (χ4n) is 0.691. The van der Waals surface area contributed by atoms with Gasteiger partial charge in [-0.3, -0.25) is 4.68 Å². The van der Waals surface area contributed by atoms with Crippen LogP contribution in [-0.4, -0.2) is 14.8 Å². The van der Waals surface area contributed by atoms with Crippen molar-refractivity contribution in [3.8, 4) is 12.3 Å². The van der Waals surface area contributed by atoms with E-state index in [-0.39, 0.29) is 0 Å². The normalized spacial score (nSPS) is 9.10. The van der Waals surface area contributed by atoms with Gasteiger partial charge in [0.05, 0.1) is 0 Å². The van der Waals surface area contributed by atoms with E-state index in [0.717, 1.165) is 19.4 Å². The first-order valence-corrected chi connectivity index (χ1v) is 3.19. The number of hydrogen-bond donors (Lipinski definition) is 0. The lowest BCUT2D eigenvalue weighted by Crippen LogP contribution is -1.97. The van der Waals surface area contributed by atoms with Crippen LogP contribution in [0.1, 0.15) is 12.8 Å². The van der Waals surface area contributed by atoms with Gasteiger partial charge in [0.25, 0.3) is 0 Å². The van der Waals surface area contributed by atoms with Gasteiger partial charge in [-0.15, -0.1) is 12.3 Å². The van der Waals surface area contributed by atoms with Gasteiger partial charge in [-0.1, -0.05) is 0 Å². The molecule has 10 heavy (non-hydrogen) atoms. The first kappa shape index (κ1) is 6.81. The molecule has 0 fully saturated rings. The van der Waals surface area contributed by atoms with E-state index in [1.807, 2.05) is 0 Å². The summed E-state index contributed by atoms with van der Waals surface area (Å²) in [5.41, 5.74) is 0. The van der Waals surface area contributed by atoms with Crippen molar-refractivity contribution in [1.29, 1.82) is 0 Å². The van der Waals surface area contributed by atoms with E-state index >= 15 is 0 Å². The maximum atomic E-state index is 5.07. The average Bonchev–Trinajstić information content (AvgIpc) is 2.41. The molecule has 0 aliphatic heterocycles. The van der Waals surface area contributed by atoms with Crippen LogP contribution in [0.25, 0.3) is 0 Å². The molecule has 0 N–H and O–H groups in total. The molecule has 0 aromatic carbocycles. The third-order valence-electron chi connectivity index (χ3n) is 1.17. The predicted molar refractivity (Wildman–Crippen MR) is 38.1 cm³/mol. The molecular weight excluding hydrogens is 126 g/mol. The number of nitrogens with zero attached hydrogens (tertiary/aromatic N) is 3. The molecule has 0 saturated carbocycles. The Labute approximate surface area is 60.1 Å². The minimum absolute atomic E-state index is 0.805. The van der Waals surface area contributed by atoms with Crippen molar-refractivity contribution in [3.05, 3.63) is 12.7 Å². The Balaban J connectivity index is 2.23. The van der Waals surface area contributed by atoms with E-state index in [0.29, 0.717) is 0 Å². The van der Waals surface area contributed by atoms with Crippen LogP contribution in [0, 0.1) is 12.3 Å². The Morgan fingerprint density at radius 1 is 1.60 bits per heavy atom. The minimum Gasteiger partial charge on any atom is -0.253 e. The Kier molecular flexibility index (Phi) is 2.50. The first-order valence-electron chi connectivity index (χ1n) is 3.19. The van der Waals surface area contributed by atoms with Crippen LogP contribution in [0.5, 0.6) is 0 Å². The van der Waals surface area contributed by atoms with Crippen molar-refractivity contribution < 1.29 is 0 Å². The molecule has 0 unspecified atom stereocenters. The zero-order valence-electron chi connectivity index (χ0n) is 5.70. The number of hydrogen-bond acceptors (Lipinski definition) is 2. The molecule has 1 heterocycles. The number of aryl methyl sites for hydroxylation is 1. The van der Waals surface area contributed by atoms with Crippen molar-refractivity contribution in [2.75, 3.05) is 0 Å². The summed E-state index contributed by atoms with van der Waals surface area (Å²) in [6, 6.07) is 0. The van der Waals surface area contributed by atoms with Crippen molar-refractivity contribution in [1.82, 2.24) is 14.8 Å². The van der Waals surface area contributed by atoms with Gasteiger partial charge in [-0.2, -0.15) is 5.10 Å². The summed E-state index contributed by atoms with van der Waals surface area (Å²) < 4.78 is 1.78. The molecule has 0 bridgehead atoms. The molecule has 0 saturated heterocycles. The van der Waals surface area contributed by atoms with E-state index in [4.69, 9.17) is 6.42 Å². The van der Waals surface area contributed by atoms with E-state index in [1.165, 1.54) is 6.33 Å². The highest BCUT2D eigenvalue weighted by Crippen LogP contribution is 1.89. The summed E-state index contributed by atoms with van der Waals surface area (Å²) in [5.74, 6) is 2.57. The van der Waals surface area contributed by atoms with Gasteiger partial charge in [0, 0.05) is 13.0 Å². The predicted octanol–water partition coefficient (Wildman–Crippen LogP) is 0.691. The molecule has 3 nitrogen and oxygen atoms in total. The van der Waals surface area contributed by atoms with Gasteiger partial charge >= 0.3 is 0 Å². The van der Waals surface area contributed by atoms with Gasteiger partial charge in [0.1, 0.15) is 12.7 Å². The number of terminal acetylenes is 1. The largest absolute Gasteiger partial charge is 0.253 e. The second-order valence-corrected chi connectivity index (χ2v) is 1.97. The highest BCUT2D eigenvalue weighted by Gasteiger charge is 1.87. The Bertz CT molecular complexity index is 207. The molecule has 0 radical (unpaired) electrons. The van der Waals surface area contributed by atoms with Crippen molar-refractivity contribution in [2.45, 2.75) is 19.4 Å². The minimum atomic E-state index is 0.805. The number of rotatable bonds is 3. The summed E-state index contributed by atoms with van der Waals surface area (Å²) in [4.78, 5) is 3.80. The average molecular weight is 135 g/mol. The number of aromatic nitrogens is 3. The fourth-order valence-corrected chi connectivity index (χ4v) is 0.691. The van der Waals surface area contributed by atoms with Crippen LogP contribution in [0.15, 0.2) is 12.7 Å². The molecule has 52 valence electrons. The van der Waals surface area contributed by atoms with Crippen molar-refractivity contribution >= 4 is 0 Å². The van der Waals surface area contributed by atoms with Gasteiger partial charge in [-0.25, -0.2) is 4.98 Å². The second kappa shape index (κ2) is 3.67. The molecule has 0 aliphatic rings. The zero-order chi connectivity index (χ0) is 7.23. The van der Waals surface area contributed by atoms with Crippen LogP contribution >= 0.6 is 0 Å². The van der Waals surface area contributed by atoms with Gasteiger partial charge < -0.3 is 0 Å². The lowest BCUT2D eigenvalue weighted by molar-refractivity contribution is 0.585. The molecular formula is C7H9N3. The van der Waals surface area contributed by atoms with Crippen molar-refractivity contribution in [2.24, 2.45) is 0 Å². The van der Waals surface area contributed by atoms with E-state index in [2.05, 4.69) is 16.0 Å². The third-order valence-corrected chi connectivity index (χ3v) is 1.17. The highest BCUT2D eigenvalue weighted by molar-refractivity contribution is 4.82. The lowest BCUT2D eigenvalue weighted by Gasteiger charge is -1.94. The Morgan fingerprint density at radius 3 is 3.10 bits per heavy atom. The standard InChI is InChI=1S/C7H9N3/c1-2-3-4-5-10-7-8-6-9-10/h1,6-7H,3-5H2. The maximum absolute atomic E-state index is 5.07. The molecule has 1 aromatic rings. The van der Waals surface area contributed by atoms with Crippen LogP contribution in [0.2, 0.25) is 0 Å². The van der Waals surface area contributed by atoms with E-state index < -0.39 is 0 Å². The zero-order valence-corrected chi connectivity index (χ0v) is 5.70. The molecule has 1 aromatic heterocycles. The summed E-state index contributed by atoms with van der Waals surface area (Å²) in [6.07, 6.45) is 10.1. The number of unbranched alkanes of at least 4 members (excludes halogenated alkanes) is 1. The fraction of sp³-hybridized carbons (Fsp3) is 0.429. The van der Waals surface area contributed by atoms with Crippen LogP contribution in [-0.2, 0) is 6.54 Å². The topological polar surface area (TPSA) is 30.7 Å². The summed E-state index contributed by atoms with van der Waals surface area (Å²) >= 11 is 0. The molecule has 0 spiro atoms. The maximum Gasteiger partial charge on any atom is 0.137 e. The summed E-state index contributed by atoms with van der Waals surface area (Å²) in [6.45, 7) is 0.865. The van der Waals surface area contributed by atoms with Crippen LogP contribution < -0.4 is 0 Å². The van der Waals surface area contributed by atoms with E-state index in [1.54, 1.807) is 11.0 Å². The molecule has 0 aliphatic carbocycles. The molecule has 0 amide bonds. The molecule has 3 heteroatoms. The second-order valence-electron chi connectivity index (χ2n) is 1.97. The van der Waals surface area contributed by atoms with E-state index in [9.17, 15) is 0 Å². The molecule has 1 rings (SSSR count). The SMILES string of the molecule is C#CCCCn1cncn1. The first-order chi connectivity index (χ1) is 4.93. The van der Waals surface area contributed by atoms with Gasteiger partial charge in [0.15, 0.2) is 0 Å². The van der Waals surface area contributed by atoms with Crippen LogP contribution in [0.3, 0.4) is 0 Å². The van der Waals surface area contributed by atoms with Gasteiger partial charge in [0.2, 0.25) is 0 Å². The Hall–Kier alpha value is -1.30. The molecule has 0 atom stereocenters. The van der Waals surface area contributed by atoms with Gasteiger partial charge in [-0.05, 0) is 6.42 Å². The van der Waals surface area contributed by atoms with Crippen molar-refractivity contribution in [3.63, 3.8) is 0 Å². The Morgan fingerprint density at radius 2 is 2.50 bits per heavy atom. The summed E-state index contributed by atoms with van der Waals surface area (Å²) in [5, 5.41) is 3.93. The monoisotopic (exact) mass is 135 g/mol. The quantitative estimate of drug-likeness (QED) is 0.451. The van der Waals surface area contributed by atoms with Crippen LogP contribution in [0.4, 0.5) is 0 Å². The third kappa shape index (κ3) is 1.90. The summed E-state index contributed by atoms with van der Waals surface area (Å²) in [7, 11) is 0. The highest BCUT2D eigenvalue weighted by atomic mass is 15.3. The smallest absolute Gasteiger partial charge is 0.137 e.